The average Bonchev–Trinajstić information content (AvgIpc) is 2.80. The molecule has 1 saturated heterocycles. The number of hydrogen-bond acceptors (Lipinski definition) is 5. The van der Waals surface area contributed by atoms with Gasteiger partial charge < -0.3 is 4.74 Å². The predicted molar refractivity (Wildman–Crippen MR) is 136 cm³/mol. The quantitative estimate of drug-likeness (QED) is 0.295. The summed E-state index contributed by atoms with van der Waals surface area (Å²) >= 11 is 6.92. The highest BCUT2D eigenvalue weighted by Gasteiger charge is 2.34. The molecule has 0 aliphatic carbocycles. The van der Waals surface area contributed by atoms with Gasteiger partial charge in [-0.05, 0) is 86.2 Å². The SMILES string of the molecule is CCOc1ccc(N2C(=O)/C(=C/c3ccc(Sc4ccc(C)cc4)cc3)C(=O)NC2=S)cc1. The Kier molecular flexibility index (Phi) is 6.91. The van der Waals surface area contributed by atoms with E-state index in [-0.39, 0.29) is 10.7 Å². The van der Waals surface area contributed by atoms with Gasteiger partial charge in [-0.2, -0.15) is 0 Å². The molecule has 3 aromatic rings. The maximum atomic E-state index is 13.2. The molecule has 2 amide bonds. The number of carbonyl (C=O) groups is 2. The van der Waals surface area contributed by atoms with Gasteiger partial charge in [0.15, 0.2) is 5.11 Å². The Balaban J connectivity index is 1.54. The van der Waals surface area contributed by atoms with Gasteiger partial charge in [-0.25, -0.2) is 0 Å². The van der Waals surface area contributed by atoms with Crippen LogP contribution in [0.15, 0.2) is 88.2 Å². The molecule has 3 aromatic carbocycles. The molecule has 0 aromatic heterocycles. The van der Waals surface area contributed by atoms with Crippen LogP contribution in [0.25, 0.3) is 6.08 Å². The maximum Gasteiger partial charge on any atom is 0.270 e. The smallest absolute Gasteiger partial charge is 0.270 e. The predicted octanol–water partition coefficient (Wildman–Crippen LogP) is 5.38. The Bertz CT molecular complexity index is 1220. The molecule has 0 unspecified atom stereocenters. The maximum absolute atomic E-state index is 13.2. The summed E-state index contributed by atoms with van der Waals surface area (Å²) in [6.07, 6.45) is 1.58. The van der Waals surface area contributed by atoms with Crippen LogP contribution in [-0.2, 0) is 9.59 Å². The molecule has 1 aliphatic rings. The van der Waals surface area contributed by atoms with Crippen molar-refractivity contribution in [3.8, 4) is 5.75 Å². The van der Waals surface area contributed by atoms with E-state index in [1.165, 1.54) is 10.5 Å². The van der Waals surface area contributed by atoms with Gasteiger partial charge in [-0.1, -0.05) is 41.6 Å². The molecule has 5 nitrogen and oxygen atoms in total. The standard InChI is InChI=1S/C26H22N2O3S2/c1-3-31-20-10-8-19(9-11-20)28-25(30)23(24(29)27-26(28)32)16-18-6-14-22(15-7-18)33-21-12-4-17(2)5-13-21/h4-16H,3H2,1-2H3,(H,27,29,32)/b23-16+. The molecule has 166 valence electrons. The number of hydrogen-bond donors (Lipinski definition) is 1. The van der Waals surface area contributed by atoms with Crippen molar-refractivity contribution in [3.63, 3.8) is 0 Å². The summed E-state index contributed by atoms with van der Waals surface area (Å²) in [5, 5.41) is 2.66. The van der Waals surface area contributed by atoms with Gasteiger partial charge in [-0.15, -0.1) is 0 Å². The van der Waals surface area contributed by atoms with E-state index < -0.39 is 11.8 Å². The van der Waals surface area contributed by atoms with Crippen molar-refractivity contribution >= 4 is 52.7 Å². The molecule has 0 atom stereocenters. The summed E-state index contributed by atoms with van der Waals surface area (Å²) in [4.78, 5) is 29.2. The second kappa shape index (κ2) is 10.0. The molecule has 0 spiro atoms. The van der Waals surface area contributed by atoms with E-state index in [2.05, 4.69) is 36.5 Å². The fourth-order valence-corrected chi connectivity index (χ4v) is 4.39. The number of benzene rings is 3. The van der Waals surface area contributed by atoms with E-state index in [0.29, 0.717) is 18.0 Å². The number of anilines is 1. The van der Waals surface area contributed by atoms with Crippen molar-refractivity contribution in [3.05, 3.63) is 89.5 Å². The Morgan fingerprint density at radius 2 is 1.55 bits per heavy atom. The molecule has 1 N–H and O–H groups in total. The summed E-state index contributed by atoms with van der Waals surface area (Å²) in [6, 6.07) is 23.0. The highest BCUT2D eigenvalue weighted by molar-refractivity contribution is 7.99. The van der Waals surface area contributed by atoms with Crippen molar-refractivity contribution in [2.24, 2.45) is 0 Å². The van der Waals surface area contributed by atoms with Crippen LogP contribution in [0.4, 0.5) is 5.69 Å². The number of aryl methyl sites for hydroxylation is 1. The normalized spacial score (nSPS) is 15.0. The molecule has 7 heteroatoms. The zero-order valence-electron chi connectivity index (χ0n) is 18.2. The van der Waals surface area contributed by atoms with Crippen LogP contribution in [-0.4, -0.2) is 23.5 Å². The zero-order chi connectivity index (χ0) is 23.4. The van der Waals surface area contributed by atoms with Crippen LogP contribution in [0, 0.1) is 6.92 Å². The lowest BCUT2D eigenvalue weighted by atomic mass is 10.1. The molecule has 0 bridgehead atoms. The summed E-state index contributed by atoms with van der Waals surface area (Å²) in [5.41, 5.74) is 2.55. The molecule has 1 fully saturated rings. The van der Waals surface area contributed by atoms with Gasteiger partial charge in [-0.3, -0.25) is 19.8 Å². The first-order valence-electron chi connectivity index (χ1n) is 10.4. The number of thiocarbonyl (C=S) groups is 1. The molecule has 1 heterocycles. The van der Waals surface area contributed by atoms with E-state index in [9.17, 15) is 9.59 Å². The third kappa shape index (κ3) is 5.32. The van der Waals surface area contributed by atoms with Gasteiger partial charge in [0.05, 0.1) is 12.3 Å². The van der Waals surface area contributed by atoms with E-state index in [1.54, 1.807) is 42.1 Å². The Morgan fingerprint density at radius 1 is 0.939 bits per heavy atom. The lowest BCUT2D eigenvalue weighted by Crippen LogP contribution is -2.54. The van der Waals surface area contributed by atoms with E-state index >= 15 is 0 Å². The first-order chi connectivity index (χ1) is 15.9. The minimum absolute atomic E-state index is 0.0245. The molecule has 33 heavy (non-hydrogen) atoms. The lowest BCUT2D eigenvalue weighted by Gasteiger charge is -2.29. The van der Waals surface area contributed by atoms with Gasteiger partial charge >= 0.3 is 0 Å². The molecule has 1 aliphatic heterocycles. The number of rotatable bonds is 6. The van der Waals surface area contributed by atoms with Crippen LogP contribution >= 0.6 is 24.0 Å². The van der Waals surface area contributed by atoms with Crippen LogP contribution in [0.2, 0.25) is 0 Å². The van der Waals surface area contributed by atoms with Crippen LogP contribution in [0.3, 0.4) is 0 Å². The van der Waals surface area contributed by atoms with Crippen molar-refractivity contribution < 1.29 is 14.3 Å². The highest BCUT2D eigenvalue weighted by atomic mass is 32.2. The highest BCUT2D eigenvalue weighted by Crippen LogP contribution is 2.29. The summed E-state index contributed by atoms with van der Waals surface area (Å²) in [6.45, 7) is 4.51. The van der Waals surface area contributed by atoms with Crippen LogP contribution in [0.1, 0.15) is 18.1 Å². The molecule has 4 rings (SSSR count). The van der Waals surface area contributed by atoms with Crippen molar-refractivity contribution in [1.29, 1.82) is 0 Å². The van der Waals surface area contributed by atoms with Crippen molar-refractivity contribution in [1.82, 2.24) is 5.32 Å². The number of amides is 2. The summed E-state index contributed by atoms with van der Waals surface area (Å²) in [7, 11) is 0. The van der Waals surface area contributed by atoms with E-state index in [4.69, 9.17) is 17.0 Å². The fourth-order valence-electron chi connectivity index (χ4n) is 3.29. The fraction of sp³-hybridized carbons (Fsp3) is 0.115. The first-order valence-corrected chi connectivity index (χ1v) is 11.7. The van der Waals surface area contributed by atoms with Gasteiger partial charge in [0.2, 0.25) is 0 Å². The van der Waals surface area contributed by atoms with Gasteiger partial charge in [0, 0.05) is 9.79 Å². The lowest BCUT2D eigenvalue weighted by molar-refractivity contribution is -0.122. The second-order valence-electron chi connectivity index (χ2n) is 7.37. The number of nitrogens with zero attached hydrogens (tertiary/aromatic N) is 1. The third-order valence-corrected chi connectivity index (χ3v) is 6.26. The first kappa shape index (κ1) is 22.8. The average molecular weight is 475 g/mol. The topological polar surface area (TPSA) is 58.6 Å². The van der Waals surface area contributed by atoms with Gasteiger partial charge in [0.1, 0.15) is 11.3 Å². The minimum atomic E-state index is -0.509. The van der Waals surface area contributed by atoms with Crippen LogP contribution in [0.5, 0.6) is 5.75 Å². The van der Waals surface area contributed by atoms with E-state index in [1.807, 2.05) is 31.2 Å². The van der Waals surface area contributed by atoms with Crippen molar-refractivity contribution in [2.45, 2.75) is 23.6 Å². The summed E-state index contributed by atoms with van der Waals surface area (Å²) in [5.74, 6) is -0.281. The monoisotopic (exact) mass is 474 g/mol. The van der Waals surface area contributed by atoms with Crippen LogP contribution < -0.4 is 15.0 Å². The number of ether oxygens (including phenoxy) is 1. The second-order valence-corrected chi connectivity index (χ2v) is 8.90. The molecular weight excluding hydrogens is 452 g/mol. The summed E-state index contributed by atoms with van der Waals surface area (Å²) < 4.78 is 5.45. The molecular formula is C26H22N2O3S2. The molecule has 0 radical (unpaired) electrons. The zero-order valence-corrected chi connectivity index (χ0v) is 19.8. The molecule has 0 saturated carbocycles. The third-order valence-electron chi connectivity index (χ3n) is 4.96. The Labute approximate surface area is 202 Å². The number of carbonyl (C=O) groups excluding carboxylic acids is 2. The van der Waals surface area contributed by atoms with E-state index in [0.717, 1.165) is 15.4 Å². The Morgan fingerprint density at radius 3 is 2.15 bits per heavy atom. The van der Waals surface area contributed by atoms with Gasteiger partial charge in [0.25, 0.3) is 11.8 Å². The number of nitrogens with one attached hydrogen (secondary N) is 1. The van der Waals surface area contributed by atoms with Crippen molar-refractivity contribution in [2.75, 3.05) is 11.5 Å². The largest absolute Gasteiger partial charge is 0.494 e. The Hall–Kier alpha value is -3.42. The minimum Gasteiger partial charge on any atom is -0.494 e.